The van der Waals surface area contributed by atoms with E-state index < -0.39 is 0 Å². The highest BCUT2D eigenvalue weighted by molar-refractivity contribution is 5.87. The van der Waals surface area contributed by atoms with E-state index in [1.165, 1.54) is 6.92 Å². The second kappa shape index (κ2) is 5.48. The molecule has 0 aliphatic carbocycles. The van der Waals surface area contributed by atoms with Crippen molar-refractivity contribution in [1.82, 2.24) is 14.5 Å². The monoisotopic (exact) mass is 296 g/mol. The summed E-state index contributed by atoms with van der Waals surface area (Å²) in [5.74, 6) is 2.55. The van der Waals surface area contributed by atoms with E-state index in [0.717, 1.165) is 16.9 Å². The van der Waals surface area contributed by atoms with Crippen LogP contribution < -0.4 is 10.1 Å². The van der Waals surface area contributed by atoms with Crippen molar-refractivity contribution in [2.75, 3.05) is 5.32 Å². The lowest BCUT2D eigenvalue weighted by Crippen LogP contribution is -2.07. The number of fused-ring (bicyclic) bond motifs is 1. The summed E-state index contributed by atoms with van der Waals surface area (Å²) < 4.78 is 7.85. The molecule has 2 heterocycles. The summed E-state index contributed by atoms with van der Waals surface area (Å²) in [6.07, 6.45) is 1.59. The van der Waals surface area contributed by atoms with Gasteiger partial charge in [0.2, 0.25) is 5.91 Å². The molecule has 2 aromatic heterocycles. The fourth-order valence-corrected chi connectivity index (χ4v) is 2.21. The number of hydrogen-bond acceptors (Lipinski definition) is 4. The highest BCUT2D eigenvalue weighted by Crippen LogP contribution is 2.26. The van der Waals surface area contributed by atoms with Crippen LogP contribution in [0.4, 0.5) is 5.82 Å². The zero-order valence-electron chi connectivity index (χ0n) is 12.6. The fourth-order valence-electron chi connectivity index (χ4n) is 2.21. The Labute approximate surface area is 127 Å². The third-order valence-electron chi connectivity index (χ3n) is 3.35. The van der Waals surface area contributed by atoms with Gasteiger partial charge in [0.15, 0.2) is 0 Å². The van der Waals surface area contributed by atoms with Gasteiger partial charge in [-0.1, -0.05) is 0 Å². The Hall–Kier alpha value is -2.89. The largest absolute Gasteiger partial charge is 0.457 e. The van der Waals surface area contributed by atoms with Gasteiger partial charge in [0.05, 0.1) is 11.0 Å². The summed E-state index contributed by atoms with van der Waals surface area (Å²) in [5, 5.41) is 2.63. The predicted molar refractivity (Wildman–Crippen MR) is 84.1 cm³/mol. The van der Waals surface area contributed by atoms with Crippen molar-refractivity contribution in [3.05, 3.63) is 42.4 Å². The Morgan fingerprint density at radius 3 is 2.77 bits per heavy atom. The van der Waals surface area contributed by atoms with Crippen LogP contribution in [-0.2, 0) is 11.8 Å². The average Bonchev–Trinajstić information content (AvgIpc) is 2.74. The number of rotatable bonds is 3. The maximum atomic E-state index is 11.1. The molecular weight excluding hydrogens is 280 g/mol. The van der Waals surface area contributed by atoms with Gasteiger partial charge in [0, 0.05) is 32.3 Å². The quantitative estimate of drug-likeness (QED) is 0.806. The van der Waals surface area contributed by atoms with E-state index in [1.54, 1.807) is 18.3 Å². The molecule has 1 N–H and O–H groups in total. The van der Waals surface area contributed by atoms with Crippen molar-refractivity contribution >= 4 is 22.8 Å². The van der Waals surface area contributed by atoms with Crippen LogP contribution in [0.5, 0.6) is 11.5 Å². The Kier molecular flexibility index (Phi) is 3.50. The number of anilines is 1. The molecule has 1 amide bonds. The number of hydrogen-bond donors (Lipinski definition) is 1. The van der Waals surface area contributed by atoms with Gasteiger partial charge in [0.1, 0.15) is 23.1 Å². The van der Waals surface area contributed by atoms with E-state index in [4.69, 9.17) is 4.74 Å². The van der Waals surface area contributed by atoms with E-state index in [2.05, 4.69) is 15.3 Å². The smallest absolute Gasteiger partial charge is 0.222 e. The van der Waals surface area contributed by atoms with Gasteiger partial charge in [0.25, 0.3) is 0 Å². The second-order valence-electron chi connectivity index (χ2n) is 5.03. The number of carbonyl (C=O) groups excluding carboxylic acids is 1. The number of imidazole rings is 1. The zero-order chi connectivity index (χ0) is 15.7. The molecule has 0 spiro atoms. The SMILES string of the molecule is CC(=O)Nc1cc(Oc2ccc3nc(C)n(C)c3c2)ccn1. The minimum atomic E-state index is -0.170. The third kappa shape index (κ3) is 2.76. The molecule has 3 rings (SSSR count). The molecule has 0 aliphatic heterocycles. The number of benzene rings is 1. The molecule has 112 valence electrons. The first kappa shape index (κ1) is 14.1. The molecule has 3 aromatic rings. The van der Waals surface area contributed by atoms with Crippen molar-refractivity contribution in [3.63, 3.8) is 0 Å². The van der Waals surface area contributed by atoms with E-state index >= 15 is 0 Å². The molecule has 0 saturated carbocycles. The number of ether oxygens (including phenoxy) is 1. The Balaban J connectivity index is 1.89. The first-order valence-electron chi connectivity index (χ1n) is 6.87. The number of amides is 1. The van der Waals surface area contributed by atoms with Crippen LogP contribution >= 0.6 is 0 Å². The Morgan fingerprint density at radius 2 is 2.00 bits per heavy atom. The van der Waals surface area contributed by atoms with Gasteiger partial charge in [-0.15, -0.1) is 0 Å². The molecule has 0 atom stereocenters. The van der Waals surface area contributed by atoms with Crippen LogP contribution in [0.15, 0.2) is 36.5 Å². The van der Waals surface area contributed by atoms with Crippen LogP contribution in [0, 0.1) is 6.92 Å². The zero-order valence-corrected chi connectivity index (χ0v) is 12.6. The summed E-state index contributed by atoms with van der Waals surface area (Å²) >= 11 is 0. The van der Waals surface area contributed by atoms with Gasteiger partial charge in [-0.3, -0.25) is 4.79 Å². The van der Waals surface area contributed by atoms with Gasteiger partial charge >= 0.3 is 0 Å². The summed E-state index contributed by atoms with van der Waals surface area (Å²) in [6, 6.07) is 9.15. The summed E-state index contributed by atoms with van der Waals surface area (Å²) in [5.41, 5.74) is 1.94. The lowest BCUT2D eigenvalue weighted by atomic mass is 10.3. The first-order valence-corrected chi connectivity index (χ1v) is 6.87. The first-order chi connectivity index (χ1) is 10.5. The molecule has 0 radical (unpaired) electrons. The Bertz CT molecular complexity index is 854. The Morgan fingerprint density at radius 1 is 1.23 bits per heavy atom. The van der Waals surface area contributed by atoms with Crippen LogP contribution in [0.1, 0.15) is 12.7 Å². The summed E-state index contributed by atoms with van der Waals surface area (Å²) in [7, 11) is 1.97. The molecule has 6 heteroatoms. The van der Waals surface area contributed by atoms with Gasteiger partial charge < -0.3 is 14.6 Å². The lowest BCUT2D eigenvalue weighted by molar-refractivity contribution is -0.114. The van der Waals surface area contributed by atoms with Crippen LogP contribution in [-0.4, -0.2) is 20.4 Å². The molecule has 0 unspecified atom stereocenters. The summed E-state index contributed by atoms with van der Waals surface area (Å²) in [4.78, 5) is 19.6. The lowest BCUT2D eigenvalue weighted by Gasteiger charge is -2.08. The molecule has 0 fully saturated rings. The van der Waals surface area contributed by atoms with E-state index in [-0.39, 0.29) is 5.91 Å². The van der Waals surface area contributed by atoms with Gasteiger partial charge in [-0.2, -0.15) is 0 Å². The van der Waals surface area contributed by atoms with Crippen LogP contribution in [0.25, 0.3) is 11.0 Å². The molecule has 0 aliphatic rings. The minimum absolute atomic E-state index is 0.170. The predicted octanol–water partition coefficient (Wildman–Crippen LogP) is 3.03. The summed E-state index contributed by atoms with van der Waals surface area (Å²) in [6.45, 7) is 3.40. The second-order valence-corrected chi connectivity index (χ2v) is 5.03. The van der Waals surface area contributed by atoms with E-state index in [1.807, 2.05) is 36.7 Å². The number of nitrogens with zero attached hydrogens (tertiary/aromatic N) is 3. The highest BCUT2D eigenvalue weighted by Gasteiger charge is 2.07. The molecule has 6 nitrogen and oxygen atoms in total. The van der Waals surface area contributed by atoms with E-state index in [0.29, 0.717) is 17.3 Å². The fraction of sp³-hybridized carbons (Fsp3) is 0.188. The molecule has 0 bridgehead atoms. The topological polar surface area (TPSA) is 69.0 Å². The third-order valence-corrected chi connectivity index (χ3v) is 3.35. The maximum Gasteiger partial charge on any atom is 0.222 e. The number of carbonyl (C=O) groups is 1. The molecule has 22 heavy (non-hydrogen) atoms. The van der Waals surface area contributed by atoms with Crippen molar-refractivity contribution in [2.45, 2.75) is 13.8 Å². The minimum Gasteiger partial charge on any atom is -0.457 e. The van der Waals surface area contributed by atoms with E-state index in [9.17, 15) is 4.79 Å². The van der Waals surface area contributed by atoms with Crippen LogP contribution in [0.2, 0.25) is 0 Å². The van der Waals surface area contributed by atoms with Crippen LogP contribution in [0.3, 0.4) is 0 Å². The highest BCUT2D eigenvalue weighted by atomic mass is 16.5. The molecular formula is C16H16N4O2. The van der Waals surface area contributed by atoms with Gasteiger partial charge in [-0.05, 0) is 25.1 Å². The number of pyridine rings is 1. The normalized spacial score (nSPS) is 10.7. The average molecular weight is 296 g/mol. The maximum absolute atomic E-state index is 11.1. The van der Waals surface area contributed by atoms with Crippen molar-refractivity contribution in [3.8, 4) is 11.5 Å². The van der Waals surface area contributed by atoms with Gasteiger partial charge in [-0.25, -0.2) is 9.97 Å². The number of aromatic nitrogens is 3. The standard InChI is InChI=1S/C16H16N4O2/c1-10-18-14-5-4-12(8-15(14)20(10)3)22-13-6-7-17-16(9-13)19-11(2)21/h4-9H,1-3H3,(H,17,19,21). The molecule has 0 saturated heterocycles. The van der Waals surface area contributed by atoms with Crippen molar-refractivity contribution in [2.24, 2.45) is 7.05 Å². The number of aryl methyl sites for hydroxylation is 2. The molecule has 1 aromatic carbocycles. The van der Waals surface area contributed by atoms with Crippen molar-refractivity contribution in [1.29, 1.82) is 0 Å². The number of nitrogens with one attached hydrogen (secondary N) is 1. The van der Waals surface area contributed by atoms with Crippen molar-refractivity contribution < 1.29 is 9.53 Å².